The number of nitrogens with zero attached hydrogens (tertiary/aromatic N) is 5. The van der Waals surface area contributed by atoms with E-state index in [0.29, 0.717) is 0 Å². The Morgan fingerprint density at radius 2 is 1.88 bits per heavy atom. The van der Waals surface area contributed by atoms with Gasteiger partial charge in [-0.1, -0.05) is 23.2 Å². The summed E-state index contributed by atoms with van der Waals surface area (Å²) in [6, 6.07) is 5.85. The molecule has 2 rings (SSSR count). The van der Waals surface area contributed by atoms with Crippen LogP contribution in [-0.4, -0.2) is 35.1 Å². The number of nitriles is 1. The summed E-state index contributed by atoms with van der Waals surface area (Å²) in [6.45, 7) is 0. The predicted molar refractivity (Wildman–Crippen MR) is 98.0 cm³/mol. The van der Waals surface area contributed by atoms with Crippen molar-refractivity contribution in [2.45, 2.75) is 6.18 Å². The Labute approximate surface area is 178 Å². The molecule has 0 saturated carbocycles. The van der Waals surface area contributed by atoms with Gasteiger partial charge in [-0.25, -0.2) is 9.67 Å². The van der Waals surface area contributed by atoms with Gasteiger partial charge in [-0.2, -0.15) is 24.3 Å². The van der Waals surface area contributed by atoms with Crippen LogP contribution in [-0.2, 0) is 21.0 Å². The molecule has 0 aliphatic carbocycles. The van der Waals surface area contributed by atoms with Gasteiger partial charge in [0.05, 0.1) is 27.8 Å². The molecular formula is C14H9Cl2F3IN5Zn. The van der Waals surface area contributed by atoms with Crippen LogP contribution in [0.25, 0.3) is 5.69 Å². The molecule has 2 aromatic rings. The topological polar surface area (TPSA) is 57.2 Å². The molecule has 0 unspecified atom stereocenters. The zero-order valence-electron chi connectivity index (χ0n) is 13.4. The number of benzene rings is 1. The molecule has 1 aromatic heterocycles. The molecule has 0 fully saturated rings. The number of alkyl halides is 3. The Bertz CT molecular complexity index is 823. The fraction of sp³-hybridized carbons (Fsp3) is 0.214. The Kier molecular flexibility index (Phi) is 8.80. The normalized spacial score (nSPS) is 11.1. The molecule has 0 atom stereocenters. The summed E-state index contributed by atoms with van der Waals surface area (Å²) < 4.78 is 39.5. The van der Waals surface area contributed by atoms with Gasteiger partial charge >= 0.3 is 40.7 Å². The molecule has 5 nitrogen and oxygen atoms in total. The zero-order valence-corrected chi connectivity index (χ0v) is 20.1. The third-order valence-electron chi connectivity index (χ3n) is 2.70. The number of hydrogen-bond acceptors (Lipinski definition) is 3. The van der Waals surface area contributed by atoms with Gasteiger partial charge in [0.15, 0.2) is 0 Å². The summed E-state index contributed by atoms with van der Waals surface area (Å²) in [7, 11) is 3.43. The summed E-state index contributed by atoms with van der Waals surface area (Å²) in [5, 5.41) is 12.3. The molecule has 0 aliphatic rings. The second-order valence-corrected chi connectivity index (χ2v) is 5.63. The number of hydrogen-bond donors (Lipinski definition) is 0. The first-order valence-corrected chi connectivity index (χ1v) is 16.4. The van der Waals surface area contributed by atoms with Crippen LogP contribution in [0.15, 0.2) is 17.1 Å². The average molecular weight is 567 g/mol. The van der Waals surface area contributed by atoms with Gasteiger partial charge < -0.3 is 10.2 Å². The van der Waals surface area contributed by atoms with Gasteiger partial charge in [0, 0.05) is 14.1 Å². The van der Waals surface area contributed by atoms with E-state index in [0.717, 1.165) is 16.8 Å². The summed E-state index contributed by atoms with van der Waals surface area (Å²) in [6.07, 6.45) is -3.18. The molecule has 0 radical (unpaired) electrons. The maximum absolute atomic E-state index is 12.8. The molecule has 26 heavy (non-hydrogen) atoms. The molecule has 0 saturated heterocycles. The van der Waals surface area contributed by atoms with Crippen LogP contribution in [0.5, 0.6) is 0 Å². The van der Waals surface area contributed by atoms with E-state index in [1.807, 2.05) is 0 Å². The van der Waals surface area contributed by atoms with Gasteiger partial charge in [-0.05, 0) is 17.8 Å². The first-order valence-electron chi connectivity index (χ1n) is 6.60. The van der Waals surface area contributed by atoms with Crippen molar-refractivity contribution in [2.75, 3.05) is 14.1 Å². The van der Waals surface area contributed by atoms with Crippen molar-refractivity contribution in [3.63, 3.8) is 0 Å². The number of halogens is 6. The Morgan fingerprint density at radius 3 is 2.31 bits per heavy atom. The van der Waals surface area contributed by atoms with Crippen molar-refractivity contribution >= 4 is 55.1 Å². The molecule has 134 valence electrons. The van der Waals surface area contributed by atoms with E-state index in [-0.39, 0.29) is 27.2 Å². The first-order chi connectivity index (χ1) is 12.1. The van der Waals surface area contributed by atoms with Crippen LogP contribution in [0.2, 0.25) is 10.0 Å². The van der Waals surface area contributed by atoms with Crippen molar-refractivity contribution in [3.8, 4) is 11.8 Å². The fourth-order valence-electron chi connectivity index (χ4n) is 1.73. The van der Waals surface area contributed by atoms with Crippen LogP contribution in [0.3, 0.4) is 0 Å². The van der Waals surface area contributed by atoms with Crippen LogP contribution in [0.1, 0.15) is 11.3 Å². The number of aliphatic imine (C=N–C) groups is 1. The Morgan fingerprint density at radius 1 is 1.35 bits per heavy atom. The van der Waals surface area contributed by atoms with E-state index >= 15 is 0 Å². The van der Waals surface area contributed by atoms with Gasteiger partial charge in [0.25, 0.3) is 0 Å². The molecule has 0 N–H and O–H groups in total. The third-order valence-corrected chi connectivity index (χ3v) is 3.28. The van der Waals surface area contributed by atoms with Crippen LogP contribution in [0, 0.1) is 17.4 Å². The Balaban J connectivity index is 0.00000163. The number of aromatic nitrogens is 2. The van der Waals surface area contributed by atoms with E-state index in [4.69, 9.17) is 28.5 Å². The third kappa shape index (κ3) is 5.81. The Hall–Kier alpha value is -0.887. The molecular weight excluding hydrogens is 558 g/mol. The first kappa shape index (κ1) is 23.2. The van der Waals surface area contributed by atoms with Gasteiger partial charge in [-0.15, -0.1) is 6.07 Å². The van der Waals surface area contributed by atoms with E-state index in [1.54, 1.807) is 25.1 Å². The van der Waals surface area contributed by atoms with E-state index in [1.165, 1.54) is 21.1 Å². The van der Waals surface area contributed by atoms with Crippen LogP contribution >= 0.6 is 43.0 Å². The molecule has 0 spiro atoms. The fourth-order valence-corrected chi connectivity index (χ4v) is 2.37. The summed E-state index contributed by atoms with van der Waals surface area (Å²) >= 11 is 15.5. The summed E-state index contributed by atoms with van der Waals surface area (Å²) in [4.78, 5) is 5.68. The van der Waals surface area contributed by atoms with Gasteiger partial charge in [-0.3, -0.25) is 0 Å². The van der Waals surface area contributed by atoms with Crippen molar-refractivity contribution in [1.29, 1.82) is 5.26 Å². The van der Waals surface area contributed by atoms with Gasteiger partial charge in [0.1, 0.15) is 5.69 Å². The molecule has 1 heterocycles. The minimum absolute atomic E-state index is 0.0185. The maximum atomic E-state index is 12.8. The van der Waals surface area contributed by atoms with Crippen molar-refractivity contribution in [3.05, 3.63) is 39.5 Å². The second-order valence-electron chi connectivity index (χ2n) is 4.82. The molecule has 0 aliphatic heterocycles. The predicted octanol–water partition coefficient (Wildman–Crippen LogP) is 4.97. The van der Waals surface area contributed by atoms with Crippen molar-refractivity contribution < 1.29 is 28.0 Å². The monoisotopic (exact) mass is 565 g/mol. The number of rotatable bonds is 3. The molecule has 12 heteroatoms. The molecule has 0 amide bonds. The van der Waals surface area contributed by atoms with E-state index in [2.05, 4.69) is 35.9 Å². The SMILES string of the molecule is CN(C)/C=N/c1[c-]c(C#N)nn1-c1c(Cl)cc(C(F)(F)F)cc1Cl.[Zn+][I]. The standard InChI is InChI=1S/C14H9Cl2F3N5.HI.Zn/c1-23(2)7-21-12-5-9(6-20)22-24(12)13-10(15)3-8(4-11(13)16)14(17,18)19;;/h3-4,7H,1-2H3;1H;/q-1;;+2/p-1/b21-7+;;. The molecule has 0 bridgehead atoms. The second kappa shape index (κ2) is 9.88. The van der Waals surface area contributed by atoms with Gasteiger partial charge in [0.2, 0.25) is 0 Å². The quantitative estimate of drug-likeness (QED) is 0.173. The van der Waals surface area contributed by atoms with Crippen LogP contribution in [0.4, 0.5) is 19.0 Å². The van der Waals surface area contributed by atoms with Crippen molar-refractivity contribution in [1.82, 2.24) is 14.7 Å². The van der Waals surface area contributed by atoms with E-state index < -0.39 is 11.7 Å². The van der Waals surface area contributed by atoms with E-state index in [9.17, 15) is 13.2 Å². The average Bonchev–Trinajstić information content (AvgIpc) is 2.96. The van der Waals surface area contributed by atoms with Crippen LogP contribution < -0.4 is 0 Å². The summed E-state index contributed by atoms with van der Waals surface area (Å²) in [5.74, 6) is 0.0730. The zero-order chi connectivity index (χ0) is 20.1. The van der Waals surface area contributed by atoms with Crippen molar-refractivity contribution in [2.24, 2.45) is 4.99 Å². The minimum atomic E-state index is -4.59. The summed E-state index contributed by atoms with van der Waals surface area (Å²) in [5.41, 5.74) is -1.11. The molecule has 1 aromatic carbocycles.